The molecule has 0 saturated carbocycles. The van der Waals surface area contributed by atoms with Crippen LogP contribution in [-0.4, -0.2) is 36.1 Å². The average Bonchev–Trinajstić information content (AvgIpc) is 2.24. The summed E-state index contributed by atoms with van der Waals surface area (Å²) >= 11 is 0. The predicted octanol–water partition coefficient (Wildman–Crippen LogP) is 1.27. The number of aliphatic hydroxyl groups is 1. The SMILES string of the molecule is CC(C)C(=O)O[C@H](OC(=O)NC[C@@H](C)O)C(C)C. The number of nitrogens with one attached hydrogen (secondary N) is 1. The second-order valence-corrected chi connectivity index (χ2v) is 4.84. The van der Waals surface area contributed by atoms with Gasteiger partial charge < -0.3 is 19.9 Å². The minimum absolute atomic E-state index is 0.0851. The van der Waals surface area contributed by atoms with Crippen LogP contribution in [0.2, 0.25) is 0 Å². The molecule has 0 aliphatic rings. The van der Waals surface area contributed by atoms with Crippen molar-refractivity contribution in [2.24, 2.45) is 11.8 Å². The van der Waals surface area contributed by atoms with Crippen LogP contribution >= 0.6 is 0 Å². The zero-order chi connectivity index (χ0) is 14.3. The Labute approximate surface area is 108 Å². The van der Waals surface area contributed by atoms with E-state index in [2.05, 4.69) is 5.32 Å². The van der Waals surface area contributed by atoms with Crippen molar-refractivity contribution >= 4 is 12.1 Å². The molecule has 106 valence electrons. The third kappa shape index (κ3) is 7.11. The summed E-state index contributed by atoms with van der Waals surface area (Å²) in [6.45, 7) is 8.58. The van der Waals surface area contributed by atoms with E-state index in [1.807, 2.05) is 0 Å². The fourth-order valence-corrected chi connectivity index (χ4v) is 0.925. The Hall–Kier alpha value is -1.30. The van der Waals surface area contributed by atoms with Crippen molar-refractivity contribution in [2.45, 2.75) is 47.0 Å². The Bertz CT molecular complexity index is 276. The smallest absolute Gasteiger partial charge is 0.410 e. The van der Waals surface area contributed by atoms with Crippen LogP contribution in [0.3, 0.4) is 0 Å². The summed E-state index contributed by atoms with van der Waals surface area (Å²) in [5, 5.41) is 11.4. The van der Waals surface area contributed by atoms with Crippen molar-refractivity contribution in [2.75, 3.05) is 6.54 Å². The summed E-state index contributed by atoms with van der Waals surface area (Å²) < 4.78 is 10.0. The Morgan fingerprint density at radius 3 is 2.06 bits per heavy atom. The molecular weight excluding hydrogens is 238 g/mol. The number of alkyl carbamates (subject to hydrolysis) is 1. The first kappa shape index (κ1) is 16.7. The van der Waals surface area contributed by atoms with Crippen LogP contribution in [0.5, 0.6) is 0 Å². The largest absolute Gasteiger partial charge is 0.425 e. The molecule has 6 heteroatoms. The minimum Gasteiger partial charge on any atom is -0.425 e. The molecule has 0 fully saturated rings. The molecule has 2 atom stereocenters. The molecule has 0 rings (SSSR count). The normalized spacial score (nSPS) is 14.2. The summed E-state index contributed by atoms with van der Waals surface area (Å²) in [5.74, 6) is -0.850. The van der Waals surface area contributed by atoms with E-state index in [1.165, 1.54) is 0 Å². The van der Waals surface area contributed by atoms with Gasteiger partial charge in [0.1, 0.15) is 0 Å². The highest BCUT2D eigenvalue weighted by molar-refractivity contribution is 5.72. The zero-order valence-corrected chi connectivity index (χ0v) is 11.6. The van der Waals surface area contributed by atoms with Crippen LogP contribution in [-0.2, 0) is 14.3 Å². The molecule has 0 radical (unpaired) electrons. The molecule has 6 nitrogen and oxygen atoms in total. The molecule has 18 heavy (non-hydrogen) atoms. The molecule has 0 aromatic carbocycles. The number of ether oxygens (including phenoxy) is 2. The van der Waals surface area contributed by atoms with Gasteiger partial charge >= 0.3 is 12.1 Å². The van der Waals surface area contributed by atoms with Crippen LogP contribution < -0.4 is 5.32 Å². The molecule has 0 bridgehead atoms. The Balaban J connectivity index is 4.27. The summed E-state index contributed by atoms with van der Waals surface area (Å²) in [5.41, 5.74) is 0. The average molecular weight is 261 g/mol. The fourth-order valence-electron chi connectivity index (χ4n) is 0.925. The lowest BCUT2D eigenvalue weighted by molar-refractivity contribution is -0.178. The highest BCUT2D eigenvalue weighted by atomic mass is 16.7. The maximum absolute atomic E-state index is 11.4. The van der Waals surface area contributed by atoms with Crippen LogP contribution in [0.1, 0.15) is 34.6 Å². The van der Waals surface area contributed by atoms with E-state index < -0.39 is 24.5 Å². The van der Waals surface area contributed by atoms with E-state index in [1.54, 1.807) is 34.6 Å². The number of carbonyl (C=O) groups excluding carboxylic acids is 2. The van der Waals surface area contributed by atoms with E-state index in [9.17, 15) is 9.59 Å². The van der Waals surface area contributed by atoms with E-state index in [4.69, 9.17) is 14.6 Å². The first-order valence-electron chi connectivity index (χ1n) is 6.07. The highest BCUT2D eigenvalue weighted by Gasteiger charge is 2.24. The van der Waals surface area contributed by atoms with E-state index >= 15 is 0 Å². The lowest BCUT2D eigenvalue weighted by Gasteiger charge is -2.22. The maximum Gasteiger partial charge on any atom is 0.410 e. The molecule has 2 N–H and O–H groups in total. The van der Waals surface area contributed by atoms with Gasteiger partial charge in [0.15, 0.2) is 0 Å². The van der Waals surface area contributed by atoms with Crippen molar-refractivity contribution in [3.05, 3.63) is 0 Å². The Kier molecular flexibility index (Phi) is 7.35. The van der Waals surface area contributed by atoms with Gasteiger partial charge in [0.2, 0.25) is 0 Å². The quantitative estimate of drug-likeness (QED) is 0.555. The van der Waals surface area contributed by atoms with Crippen molar-refractivity contribution < 1.29 is 24.2 Å². The topological polar surface area (TPSA) is 84.9 Å². The third-order valence-electron chi connectivity index (χ3n) is 2.01. The molecule has 0 unspecified atom stereocenters. The second kappa shape index (κ2) is 7.92. The molecular formula is C12H23NO5. The van der Waals surface area contributed by atoms with Gasteiger partial charge in [-0.3, -0.25) is 4.79 Å². The van der Waals surface area contributed by atoms with Gasteiger partial charge in [0.05, 0.1) is 12.0 Å². The summed E-state index contributed by atoms with van der Waals surface area (Å²) in [4.78, 5) is 22.8. The van der Waals surface area contributed by atoms with Gasteiger partial charge in [-0.05, 0) is 6.92 Å². The molecule has 1 amide bonds. The number of hydrogen-bond acceptors (Lipinski definition) is 5. The third-order valence-corrected chi connectivity index (χ3v) is 2.01. The molecule has 0 aromatic heterocycles. The summed E-state index contributed by atoms with van der Waals surface area (Å²) in [7, 11) is 0. The molecule has 0 heterocycles. The van der Waals surface area contributed by atoms with Gasteiger partial charge in [0, 0.05) is 12.5 Å². The van der Waals surface area contributed by atoms with Crippen molar-refractivity contribution in [3.8, 4) is 0 Å². The lowest BCUT2D eigenvalue weighted by atomic mass is 10.2. The van der Waals surface area contributed by atoms with Crippen molar-refractivity contribution in [1.82, 2.24) is 5.32 Å². The number of rotatable bonds is 6. The van der Waals surface area contributed by atoms with E-state index in [0.717, 1.165) is 0 Å². The van der Waals surface area contributed by atoms with Crippen molar-refractivity contribution in [1.29, 1.82) is 0 Å². The number of esters is 1. The fraction of sp³-hybridized carbons (Fsp3) is 0.833. The number of hydrogen-bond donors (Lipinski definition) is 2. The van der Waals surface area contributed by atoms with Gasteiger partial charge in [-0.25, -0.2) is 4.79 Å². The van der Waals surface area contributed by atoms with Crippen LogP contribution in [0, 0.1) is 11.8 Å². The van der Waals surface area contributed by atoms with Crippen LogP contribution in [0.25, 0.3) is 0 Å². The molecule has 0 spiro atoms. The highest BCUT2D eigenvalue weighted by Crippen LogP contribution is 2.11. The molecule has 0 aliphatic heterocycles. The first-order valence-corrected chi connectivity index (χ1v) is 6.07. The van der Waals surface area contributed by atoms with E-state index in [-0.39, 0.29) is 18.4 Å². The minimum atomic E-state index is -0.922. The Morgan fingerprint density at radius 2 is 1.67 bits per heavy atom. The second-order valence-electron chi connectivity index (χ2n) is 4.84. The van der Waals surface area contributed by atoms with E-state index in [0.29, 0.717) is 0 Å². The summed E-state index contributed by atoms with van der Waals surface area (Å²) in [6.07, 6.45) is -2.30. The first-order chi connectivity index (χ1) is 8.23. The van der Waals surface area contributed by atoms with Gasteiger partial charge in [0.25, 0.3) is 6.29 Å². The zero-order valence-electron chi connectivity index (χ0n) is 11.6. The molecule has 0 aromatic rings. The number of carbonyl (C=O) groups is 2. The number of aliphatic hydroxyl groups excluding tert-OH is 1. The van der Waals surface area contributed by atoms with Gasteiger partial charge in [-0.1, -0.05) is 27.7 Å². The standard InChI is InChI=1S/C12H23NO5/c1-7(2)10(15)17-11(8(3)4)18-12(16)13-6-9(5)14/h7-9,11,14H,6H2,1-5H3,(H,13,16)/t9-,11-/m1/s1. The monoisotopic (exact) mass is 261 g/mol. The number of amides is 1. The van der Waals surface area contributed by atoms with Gasteiger partial charge in [-0.2, -0.15) is 0 Å². The van der Waals surface area contributed by atoms with Crippen LogP contribution in [0.15, 0.2) is 0 Å². The predicted molar refractivity (Wildman–Crippen MR) is 65.7 cm³/mol. The summed E-state index contributed by atoms with van der Waals surface area (Å²) in [6, 6.07) is 0. The lowest BCUT2D eigenvalue weighted by Crippen LogP contribution is -2.37. The molecule has 0 aliphatic carbocycles. The maximum atomic E-state index is 11.4. The molecule has 0 saturated heterocycles. The van der Waals surface area contributed by atoms with Crippen LogP contribution in [0.4, 0.5) is 4.79 Å². The Morgan fingerprint density at radius 1 is 1.11 bits per heavy atom. The van der Waals surface area contributed by atoms with Crippen molar-refractivity contribution in [3.63, 3.8) is 0 Å². The van der Waals surface area contributed by atoms with Gasteiger partial charge in [-0.15, -0.1) is 0 Å².